The molecule has 1 aromatic heterocycles. The summed E-state index contributed by atoms with van der Waals surface area (Å²) in [7, 11) is 0. The average Bonchev–Trinajstić information content (AvgIpc) is 2.75. The summed E-state index contributed by atoms with van der Waals surface area (Å²) < 4.78 is 1.57. The molecular formula is C14H17N3O3. The maximum absolute atomic E-state index is 11.6. The number of carbonyl (C=O) groups excluding carboxylic acids is 1. The summed E-state index contributed by atoms with van der Waals surface area (Å²) >= 11 is 0. The first-order valence-corrected chi connectivity index (χ1v) is 6.47. The number of carbonyl (C=O) groups is 2. The Balaban J connectivity index is 2.22. The number of benzene rings is 1. The average molecular weight is 275 g/mol. The molecule has 0 aliphatic heterocycles. The van der Waals surface area contributed by atoms with Crippen molar-refractivity contribution in [1.82, 2.24) is 15.1 Å². The summed E-state index contributed by atoms with van der Waals surface area (Å²) in [6.45, 7) is 4.14. The van der Waals surface area contributed by atoms with Crippen molar-refractivity contribution in [2.45, 2.75) is 32.9 Å². The van der Waals surface area contributed by atoms with Gasteiger partial charge in [-0.3, -0.25) is 9.48 Å². The fourth-order valence-corrected chi connectivity index (χ4v) is 2.06. The Kier molecular flexibility index (Phi) is 4.02. The van der Waals surface area contributed by atoms with Crippen LogP contribution in [0.4, 0.5) is 0 Å². The summed E-state index contributed by atoms with van der Waals surface area (Å²) in [5.74, 6) is -1.14. The minimum absolute atomic E-state index is 0.0184. The van der Waals surface area contributed by atoms with Gasteiger partial charge in [0.05, 0.1) is 12.1 Å². The molecule has 2 N–H and O–H groups in total. The lowest BCUT2D eigenvalue weighted by molar-refractivity contribution is -0.121. The largest absolute Gasteiger partial charge is 0.476 e. The van der Waals surface area contributed by atoms with Gasteiger partial charge in [0.2, 0.25) is 5.91 Å². The van der Waals surface area contributed by atoms with Crippen LogP contribution in [0.15, 0.2) is 24.3 Å². The van der Waals surface area contributed by atoms with E-state index in [1.807, 2.05) is 19.9 Å². The number of aromatic carboxylic acids is 1. The van der Waals surface area contributed by atoms with Gasteiger partial charge in [-0.15, -0.1) is 0 Å². The second-order valence-corrected chi connectivity index (χ2v) is 4.87. The van der Waals surface area contributed by atoms with Crippen molar-refractivity contribution >= 4 is 22.8 Å². The molecule has 0 spiro atoms. The Morgan fingerprint density at radius 3 is 2.70 bits per heavy atom. The minimum atomic E-state index is -1.06. The van der Waals surface area contributed by atoms with Crippen molar-refractivity contribution in [3.05, 3.63) is 30.0 Å². The number of hydrogen-bond donors (Lipinski definition) is 2. The number of fused-ring (bicyclic) bond motifs is 1. The fraction of sp³-hybridized carbons (Fsp3) is 0.357. The van der Waals surface area contributed by atoms with Gasteiger partial charge in [-0.1, -0.05) is 18.2 Å². The van der Waals surface area contributed by atoms with Crippen LogP contribution in [-0.4, -0.2) is 32.8 Å². The molecule has 6 heteroatoms. The maximum Gasteiger partial charge on any atom is 0.357 e. The van der Waals surface area contributed by atoms with E-state index in [9.17, 15) is 9.59 Å². The Bertz CT molecular complexity index is 646. The van der Waals surface area contributed by atoms with E-state index >= 15 is 0 Å². The van der Waals surface area contributed by atoms with E-state index in [-0.39, 0.29) is 24.1 Å². The van der Waals surface area contributed by atoms with Crippen LogP contribution in [0.25, 0.3) is 10.9 Å². The van der Waals surface area contributed by atoms with E-state index < -0.39 is 5.97 Å². The highest BCUT2D eigenvalue weighted by molar-refractivity contribution is 6.01. The maximum atomic E-state index is 11.6. The van der Waals surface area contributed by atoms with Crippen molar-refractivity contribution in [3.8, 4) is 0 Å². The van der Waals surface area contributed by atoms with Gasteiger partial charge in [0, 0.05) is 17.8 Å². The molecule has 0 radical (unpaired) electrons. The molecule has 0 saturated carbocycles. The van der Waals surface area contributed by atoms with Gasteiger partial charge in [0.25, 0.3) is 0 Å². The van der Waals surface area contributed by atoms with E-state index in [4.69, 9.17) is 5.11 Å². The van der Waals surface area contributed by atoms with Gasteiger partial charge in [-0.25, -0.2) is 4.79 Å². The number of aryl methyl sites for hydroxylation is 1. The third-order valence-corrected chi connectivity index (χ3v) is 2.86. The monoisotopic (exact) mass is 275 g/mol. The zero-order valence-corrected chi connectivity index (χ0v) is 11.5. The molecule has 6 nitrogen and oxygen atoms in total. The lowest BCUT2D eigenvalue weighted by atomic mass is 10.2. The summed E-state index contributed by atoms with van der Waals surface area (Å²) in [5, 5.41) is 16.6. The number of rotatable bonds is 5. The second-order valence-electron chi connectivity index (χ2n) is 4.87. The van der Waals surface area contributed by atoms with E-state index in [1.54, 1.807) is 22.9 Å². The zero-order chi connectivity index (χ0) is 14.7. The smallest absolute Gasteiger partial charge is 0.357 e. The Labute approximate surface area is 116 Å². The molecule has 1 aromatic carbocycles. The van der Waals surface area contributed by atoms with Crippen LogP contribution in [0.3, 0.4) is 0 Å². The normalized spacial score (nSPS) is 10.9. The molecule has 0 saturated heterocycles. The van der Waals surface area contributed by atoms with Crippen LogP contribution < -0.4 is 5.32 Å². The lowest BCUT2D eigenvalue weighted by Gasteiger charge is -2.08. The third kappa shape index (κ3) is 2.96. The van der Waals surface area contributed by atoms with Crippen molar-refractivity contribution in [3.63, 3.8) is 0 Å². The van der Waals surface area contributed by atoms with E-state index in [0.717, 1.165) is 5.52 Å². The molecule has 0 unspecified atom stereocenters. The minimum Gasteiger partial charge on any atom is -0.476 e. The summed E-state index contributed by atoms with van der Waals surface area (Å²) in [5.41, 5.74) is 0.743. The first-order chi connectivity index (χ1) is 9.49. The topological polar surface area (TPSA) is 84.2 Å². The van der Waals surface area contributed by atoms with Gasteiger partial charge >= 0.3 is 5.97 Å². The van der Waals surface area contributed by atoms with Crippen LogP contribution in [0.1, 0.15) is 30.8 Å². The number of carboxylic acids is 1. The molecule has 1 amide bonds. The quantitative estimate of drug-likeness (QED) is 0.869. The van der Waals surface area contributed by atoms with Crippen LogP contribution >= 0.6 is 0 Å². The Morgan fingerprint density at radius 1 is 1.35 bits per heavy atom. The van der Waals surface area contributed by atoms with E-state index in [0.29, 0.717) is 11.9 Å². The molecule has 0 bridgehead atoms. The molecular weight excluding hydrogens is 258 g/mol. The van der Waals surface area contributed by atoms with E-state index in [2.05, 4.69) is 10.4 Å². The lowest BCUT2D eigenvalue weighted by Crippen LogP contribution is -2.30. The number of amides is 1. The summed E-state index contributed by atoms with van der Waals surface area (Å²) in [4.78, 5) is 22.8. The molecule has 1 heterocycles. The van der Waals surface area contributed by atoms with E-state index in [1.165, 1.54) is 0 Å². The van der Waals surface area contributed by atoms with Gasteiger partial charge < -0.3 is 10.4 Å². The molecule has 0 aliphatic carbocycles. The molecule has 0 atom stereocenters. The van der Waals surface area contributed by atoms with Crippen LogP contribution in [0.2, 0.25) is 0 Å². The third-order valence-electron chi connectivity index (χ3n) is 2.86. The summed E-state index contributed by atoms with van der Waals surface area (Å²) in [6, 6.07) is 7.20. The highest BCUT2D eigenvalue weighted by atomic mass is 16.4. The molecule has 0 fully saturated rings. The van der Waals surface area contributed by atoms with Crippen molar-refractivity contribution in [2.24, 2.45) is 0 Å². The van der Waals surface area contributed by atoms with Crippen molar-refractivity contribution in [1.29, 1.82) is 0 Å². The highest BCUT2D eigenvalue weighted by Crippen LogP contribution is 2.18. The van der Waals surface area contributed by atoms with Gasteiger partial charge in [-0.2, -0.15) is 5.10 Å². The fourth-order valence-electron chi connectivity index (χ4n) is 2.06. The number of para-hydroxylation sites is 1. The standard InChI is InChI=1S/C14H17N3O3/c1-9(2)15-12(18)7-8-17-11-6-4-3-5-10(11)13(16-17)14(19)20/h3-6,9H,7-8H2,1-2H3,(H,15,18)(H,19,20). The van der Waals surface area contributed by atoms with Gasteiger partial charge in [0.15, 0.2) is 5.69 Å². The molecule has 20 heavy (non-hydrogen) atoms. The predicted octanol–water partition coefficient (Wildman–Crippen LogP) is 1.65. The van der Waals surface area contributed by atoms with Crippen LogP contribution in [0.5, 0.6) is 0 Å². The van der Waals surface area contributed by atoms with Crippen molar-refractivity contribution < 1.29 is 14.7 Å². The number of carboxylic acid groups (broad SMARTS) is 1. The zero-order valence-electron chi connectivity index (χ0n) is 11.5. The predicted molar refractivity (Wildman–Crippen MR) is 74.6 cm³/mol. The molecule has 106 valence electrons. The van der Waals surface area contributed by atoms with Crippen LogP contribution in [0, 0.1) is 0 Å². The highest BCUT2D eigenvalue weighted by Gasteiger charge is 2.16. The van der Waals surface area contributed by atoms with Crippen LogP contribution in [-0.2, 0) is 11.3 Å². The number of aromatic nitrogens is 2. The Hall–Kier alpha value is -2.37. The van der Waals surface area contributed by atoms with Gasteiger partial charge in [0.1, 0.15) is 0 Å². The first kappa shape index (κ1) is 14.0. The Morgan fingerprint density at radius 2 is 2.05 bits per heavy atom. The molecule has 2 rings (SSSR count). The first-order valence-electron chi connectivity index (χ1n) is 6.47. The summed E-state index contributed by atoms with van der Waals surface area (Å²) in [6.07, 6.45) is 0.267. The SMILES string of the molecule is CC(C)NC(=O)CCn1nc(C(=O)O)c2ccccc21. The van der Waals surface area contributed by atoms with Gasteiger partial charge in [-0.05, 0) is 19.9 Å². The second kappa shape index (κ2) is 5.73. The number of nitrogens with zero attached hydrogens (tertiary/aromatic N) is 2. The van der Waals surface area contributed by atoms with Crippen molar-refractivity contribution in [2.75, 3.05) is 0 Å². The molecule has 2 aromatic rings. The number of hydrogen-bond acceptors (Lipinski definition) is 3. The molecule has 0 aliphatic rings. The number of nitrogens with one attached hydrogen (secondary N) is 1.